The minimum absolute atomic E-state index is 0.0434. The molecule has 2 heterocycles. The molecular weight excluding hydrogens is 194 g/mol. The van der Waals surface area contributed by atoms with Crippen LogP contribution in [-0.4, -0.2) is 41.3 Å². The Hall–Kier alpha value is -1.36. The summed E-state index contributed by atoms with van der Waals surface area (Å²) in [7, 11) is 1.81. The van der Waals surface area contributed by atoms with E-state index >= 15 is 0 Å². The molecule has 2 rings (SSSR count). The number of amides is 1. The number of hydrogen-bond donors (Lipinski definition) is 1. The van der Waals surface area contributed by atoms with Crippen LogP contribution in [0.25, 0.3) is 0 Å². The molecule has 1 N–H and O–H groups in total. The molecule has 1 atom stereocenters. The third-order valence-electron chi connectivity index (χ3n) is 2.63. The average molecular weight is 209 g/mol. The summed E-state index contributed by atoms with van der Waals surface area (Å²) >= 11 is 0. The van der Waals surface area contributed by atoms with Crippen molar-refractivity contribution in [3.63, 3.8) is 0 Å². The van der Waals surface area contributed by atoms with Gasteiger partial charge in [-0.15, -0.1) is 0 Å². The minimum Gasteiger partial charge on any atom is -0.381 e. The van der Waals surface area contributed by atoms with Crippen molar-refractivity contribution >= 4 is 5.91 Å². The Morgan fingerprint density at radius 3 is 3.27 bits per heavy atom. The van der Waals surface area contributed by atoms with Gasteiger partial charge >= 0.3 is 0 Å². The van der Waals surface area contributed by atoms with Gasteiger partial charge in [0.05, 0.1) is 18.7 Å². The summed E-state index contributed by atoms with van der Waals surface area (Å²) in [6.07, 6.45) is 4.37. The van der Waals surface area contributed by atoms with Crippen molar-refractivity contribution in [2.75, 3.05) is 20.3 Å². The van der Waals surface area contributed by atoms with Gasteiger partial charge in [0, 0.05) is 32.0 Å². The van der Waals surface area contributed by atoms with Gasteiger partial charge in [0.25, 0.3) is 0 Å². The normalized spacial score (nSPS) is 20.5. The third-order valence-corrected chi connectivity index (χ3v) is 2.63. The predicted octanol–water partition coefficient (Wildman–Crippen LogP) is 0.405. The van der Waals surface area contributed by atoms with Crippen molar-refractivity contribution in [2.24, 2.45) is 5.92 Å². The van der Waals surface area contributed by atoms with Crippen LogP contribution in [0.3, 0.4) is 0 Å². The highest BCUT2D eigenvalue weighted by molar-refractivity contribution is 5.78. The summed E-state index contributed by atoms with van der Waals surface area (Å²) < 4.78 is 5.20. The third kappa shape index (κ3) is 2.36. The molecule has 5 heteroatoms. The number of ether oxygens (including phenoxy) is 1. The number of aromatic nitrogens is 2. The molecule has 0 spiro atoms. The number of rotatable bonds is 3. The topological polar surface area (TPSA) is 58.2 Å². The van der Waals surface area contributed by atoms with Crippen LogP contribution in [0.15, 0.2) is 12.4 Å². The lowest BCUT2D eigenvalue weighted by molar-refractivity contribution is -0.134. The Balaban J connectivity index is 1.89. The number of nitrogens with one attached hydrogen (secondary N) is 1. The molecule has 15 heavy (non-hydrogen) atoms. The standard InChI is InChI=1S/C10H15N3O2/c1-13(6-8-4-11-12-5-8)10(14)9-2-3-15-7-9/h4-5,9H,2-3,6-7H2,1H3,(H,11,12). The van der Waals surface area contributed by atoms with Gasteiger partial charge in [0.1, 0.15) is 0 Å². The number of carbonyl (C=O) groups excluding carboxylic acids is 1. The van der Waals surface area contributed by atoms with Crippen molar-refractivity contribution in [1.82, 2.24) is 15.1 Å². The van der Waals surface area contributed by atoms with Gasteiger partial charge in [-0.25, -0.2) is 0 Å². The summed E-state index contributed by atoms with van der Waals surface area (Å²) in [5.74, 6) is 0.204. The van der Waals surface area contributed by atoms with Gasteiger partial charge in [0.2, 0.25) is 5.91 Å². The Bertz CT molecular complexity index is 317. The van der Waals surface area contributed by atoms with Gasteiger partial charge in [-0.3, -0.25) is 9.89 Å². The lowest BCUT2D eigenvalue weighted by Crippen LogP contribution is -2.32. The molecule has 1 aromatic heterocycles. The number of nitrogens with zero attached hydrogens (tertiary/aromatic N) is 2. The van der Waals surface area contributed by atoms with Gasteiger partial charge in [-0.05, 0) is 6.42 Å². The molecule has 1 aliphatic rings. The first-order valence-electron chi connectivity index (χ1n) is 5.08. The van der Waals surface area contributed by atoms with E-state index in [-0.39, 0.29) is 11.8 Å². The highest BCUT2D eigenvalue weighted by Crippen LogP contribution is 2.15. The Morgan fingerprint density at radius 2 is 2.67 bits per heavy atom. The maximum atomic E-state index is 11.9. The van der Waals surface area contributed by atoms with E-state index in [2.05, 4.69) is 10.2 Å². The number of hydrogen-bond acceptors (Lipinski definition) is 3. The monoisotopic (exact) mass is 209 g/mol. The van der Waals surface area contributed by atoms with Gasteiger partial charge in [-0.1, -0.05) is 0 Å². The van der Waals surface area contributed by atoms with E-state index < -0.39 is 0 Å². The van der Waals surface area contributed by atoms with Crippen LogP contribution in [-0.2, 0) is 16.1 Å². The average Bonchev–Trinajstić information content (AvgIpc) is 2.88. The first-order valence-corrected chi connectivity index (χ1v) is 5.08. The molecule has 1 aliphatic heterocycles. The molecule has 1 unspecified atom stereocenters. The Kier molecular flexibility index (Phi) is 3.01. The smallest absolute Gasteiger partial charge is 0.228 e. The number of carbonyl (C=O) groups is 1. The number of aromatic amines is 1. The van der Waals surface area contributed by atoms with E-state index in [0.29, 0.717) is 19.8 Å². The molecule has 0 saturated carbocycles. The van der Waals surface area contributed by atoms with E-state index in [1.165, 1.54) is 0 Å². The maximum absolute atomic E-state index is 11.9. The second-order valence-corrected chi connectivity index (χ2v) is 3.86. The highest BCUT2D eigenvalue weighted by atomic mass is 16.5. The summed E-state index contributed by atoms with van der Waals surface area (Å²) in [6.45, 7) is 1.87. The molecule has 1 amide bonds. The molecular formula is C10H15N3O2. The maximum Gasteiger partial charge on any atom is 0.228 e. The van der Waals surface area contributed by atoms with E-state index in [0.717, 1.165) is 12.0 Å². The SMILES string of the molecule is CN(Cc1cn[nH]c1)C(=O)C1CCOC1. The quantitative estimate of drug-likeness (QED) is 0.784. The van der Waals surface area contributed by atoms with Crippen LogP contribution in [0.2, 0.25) is 0 Å². The lowest BCUT2D eigenvalue weighted by atomic mass is 10.1. The Labute approximate surface area is 88.4 Å². The van der Waals surface area contributed by atoms with Crippen LogP contribution in [0, 0.1) is 5.92 Å². The van der Waals surface area contributed by atoms with Crippen LogP contribution in [0.4, 0.5) is 0 Å². The lowest BCUT2D eigenvalue weighted by Gasteiger charge is -2.19. The molecule has 1 saturated heterocycles. The van der Waals surface area contributed by atoms with Crippen LogP contribution in [0.1, 0.15) is 12.0 Å². The largest absolute Gasteiger partial charge is 0.381 e. The van der Waals surface area contributed by atoms with Gasteiger partial charge < -0.3 is 9.64 Å². The molecule has 0 bridgehead atoms. The van der Waals surface area contributed by atoms with E-state index in [1.807, 2.05) is 7.05 Å². The fourth-order valence-electron chi connectivity index (χ4n) is 1.76. The van der Waals surface area contributed by atoms with Gasteiger partial charge in [-0.2, -0.15) is 5.10 Å². The van der Waals surface area contributed by atoms with E-state index in [1.54, 1.807) is 17.3 Å². The Morgan fingerprint density at radius 1 is 1.80 bits per heavy atom. The van der Waals surface area contributed by atoms with Crippen molar-refractivity contribution in [2.45, 2.75) is 13.0 Å². The molecule has 0 aliphatic carbocycles. The molecule has 1 fully saturated rings. The van der Waals surface area contributed by atoms with Crippen LogP contribution < -0.4 is 0 Å². The highest BCUT2D eigenvalue weighted by Gasteiger charge is 2.26. The zero-order valence-corrected chi connectivity index (χ0v) is 8.77. The summed E-state index contributed by atoms with van der Waals surface area (Å²) in [5, 5.41) is 6.58. The summed E-state index contributed by atoms with van der Waals surface area (Å²) in [4.78, 5) is 13.6. The second-order valence-electron chi connectivity index (χ2n) is 3.86. The van der Waals surface area contributed by atoms with Crippen molar-refractivity contribution in [3.8, 4) is 0 Å². The van der Waals surface area contributed by atoms with Gasteiger partial charge in [0.15, 0.2) is 0 Å². The van der Waals surface area contributed by atoms with Crippen LogP contribution >= 0.6 is 0 Å². The zero-order chi connectivity index (χ0) is 10.7. The zero-order valence-electron chi connectivity index (χ0n) is 8.77. The van der Waals surface area contributed by atoms with Crippen molar-refractivity contribution in [3.05, 3.63) is 18.0 Å². The molecule has 82 valence electrons. The summed E-state index contributed by atoms with van der Waals surface area (Å²) in [5.41, 5.74) is 1.02. The summed E-state index contributed by atoms with van der Waals surface area (Å²) in [6, 6.07) is 0. The molecule has 0 radical (unpaired) electrons. The van der Waals surface area contributed by atoms with Crippen LogP contribution in [0.5, 0.6) is 0 Å². The molecule has 5 nitrogen and oxygen atoms in total. The first kappa shape index (κ1) is 10.2. The minimum atomic E-state index is 0.0434. The molecule has 0 aromatic carbocycles. The second kappa shape index (κ2) is 4.44. The molecule has 1 aromatic rings. The van der Waals surface area contributed by atoms with E-state index in [9.17, 15) is 4.79 Å². The first-order chi connectivity index (χ1) is 7.27. The predicted molar refractivity (Wildman–Crippen MR) is 54.0 cm³/mol. The van der Waals surface area contributed by atoms with Crippen molar-refractivity contribution in [1.29, 1.82) is 0 Å². The van der Waals surface area contributed by atoms with E-state index in [4.69, 9.17) is 4.74 Å². The fraction of sp³-hybridized carbons (Fsp3) is 0.600. The number of H-pyrrole nitrogens is 1. The van der Waals surface area contributed by atoms with Crippen molar-refractivity contribution < 1.29 is 9.53 Å². The fourth-order valence-corrected chi connectivity index (χ4v) is 1.76.